The molecule has 0 aromatic heterocycles. The summed E-state index contributed by atoms with van der Waals surface area (Å²) < 4.78 is 37.7. The van der Waals surface area contributed by atoms with E-state index in [0.29, 0.717) is 29.3 Å². The van der Waals surface area contributed by atoms with E-state index in [-0.39, 0.29) is 35.3 Å². The van der Waals surface area contributed by atoms with Crippen molar-refractivity contribution in [1.29, 1.82) is 0 Å². The molecule has 3 aromatic carbocycles. The Labute approximate surface area is 257 Å². The minimum Gasteiger partial charge on any atom is -0.497 e. The van der Waals surface area contributed by atoms with Gasteiger partial charge in [0.1, 0.15) is 24.1 Å². The Morgan fingerprint density at radius 2 is 1.64 bits per heavy atom. The number of nitrogens with one attached hydrogen (secondary N) is 1. The van der Waals surface area contributed by atoms with E-state index in [1.54, 1.807) is 24.3 Å². The zero-order valence-corrected chi connectivity index (χ0v) is 26.3. The number of ether oxygens (including phenoxy) is 2. The van der Waals surface area contributed by atoms with Crippen molar-refractivity contribution in [3.8, 4) is 11.5 Å². The van der Waals surface area contributed by atoms with Gasteiger partial charge in [0.05, 0.1) is 36.2 Å². The maximum atomic E-state index is 14.2. The second-order valence-electron chi connectivity index (χ2n) is 9.57. The minimum absolute atomic E-state index is 0.0237. The third-order valence-electron chi connectivity index (χ3n) is 6.49. The Balaban J connectivity index is 2.10. The normalized spacial score (nSPS) is 11.9. The van der Waals surface area contributed by atoms with Crippen molar-refractivity contribution in [2.75, 3.05) is 37.9 Å². The Bertz CT molecular complexity index is 1490. The van der Waals surface area contributed by atoms with Crippen LogP contribution < -0.4 is 19.1 Å². The van der Waals surface area contributed by atoms with Gasteiger partial charge in [-0.25, -0.2) is 8.42 Å². The highest BCUT2D eigenvalue weighted by atomic mass is 35.5. The number of methoxy groups -OCH3 is 2. The first-order valence-corrected chi connectivity index (χ1v) is 15.8. The fourth-order valence-corrected chi connectivity index (χ4v) is 5.51. The van der Waals surface area contributed by atoms with Gasteiger partial charge in [0, 0.05) is 25.6 Å². The lowest BCUT2D eigenvalue weighted by atomic mass is 10.0. The third kappa shape index (κ3) is 8.77. The molecule has 1 N–H and O–H groups in total. The van der Waals surface area contributed by atoms with Gasteiger partial charge in [0.25, 0.3) is 0 Å². The largest absolute Gasteiger partial charge is 0.497 e. The maximum absolute atomic E-state index is 14.2. The smallest absolute Gasteiger partial charge is 0.244 e. The summed E-state index contributed by atoms with van der Waals surface area (Å²) >= 11 is 12.4. The highest BCUT2D eigenvalue weighted by molar-refractivity contribution is 7.92. The number of rotatable bonds is 14. The fraction of sp³-hybridized carbons (Fsp3) is 0.333. The van der Waals surface area contributed by atoms with Crippen LogP contribution in [0.2, 0.25) is 10.0 Å². The Hall–Kier alpha value is -3.47. The highest BCUT2D eigenvalue weighted by Crippen LogP contribution is 2.34. The van der Waals surface area contributed by atoms with E-state index in [9.17, 15) is 18.0 Å². The van der Waals surface area contributed by atoms with Crippen LogP contribution in [0.4, 0.5) is 5.69 Å². The molecular weight excluding hydrogens is 601 g/mol. The van der Waals surface area contributed by atoms with Gasteiger partial charge in [0.2, 0.25) is 21.8 Å². The first kappa shape index (κ1) is 33.0. The van der Waals surface area contributed by atoms with Crippen molar-refractivity contribution in [2.24, 2.45) is 0 Å². The zero-order chi connectivity index (χ0) is 30.9. The van der Waals surface area contributed by atoms with E-state index in [1.807, 2.05) is 37.3 Å². The van der Waals surface area contributed by atoms with Crippen molar-refractivity contribution >= 4 is 50.7 Å². The van der Waals surface area contributed by atoms with Crippen molar-refractivity contribution in [3.05, 3.63) is 87.9 Å². The first-order chi connectivity index (χ1) is 20.0. The molecule has 0 aliphatic carbocycles. The van der Waals surface area contributed by atoms with Gasteiger partial charge in [-0.05, 0) is 41.8 Å². The average Bonchev–Trinajstić information content (AvgIpc) is 2.97. The number of carbonyl (C=O) groups excluding carboxylic acids is 2. The van der Waals surface area contributed by atoms with Gasteiger partial charge in [-0.1, -0.05) is 66.5 Å². The number of anilines is 1. The summed E-state index contributed by atoms with van der Waals surface area (Å²) in [5.74, 6) is -0.309. The molecule has 0 aliphatic rings. The maximum Gasteiger partial charge on any atom is 0.244 e. The summed E-state index contributed by atoms with van der Waals surface area (Å²) in [7, 11) is -1.11. The van der Waals surface area contributed by atoms with E-state index in [1.165, 1.54) is 31.3 Å². The van der Waals surface area contributed by atoms with Gasteiger partial charge in [-0.3, -0.25) is 13.9 Å². The van der Waals surface area contributed by atoms with Crippen molar-refractivity contribution in [1.82, 2.24) is 10.2 Å². The van der Waals surface area contributed by atoms with Crippen LogP contribution in [0.25, 0.3) is 0 Å². The molecule has 0 heterocycles. The molecule has 0 bridgehead atoms. The average molecular weight is 637 g/mol. The van der Waals surface area contributed by atoms with Crippen LogP contribution in [-0.4, -0.2) is 64.7 Å². The second kappa shape index (κ2) is 15.1. The molecule has 226 valence electrons. The summed E-state index contributed by atoms with van der Waals surface area (Å²) in [5, 5.41) is 3.53. The van der Waals surface area contributed by atoms with Crippen LogP contribution in [0.5, 0.6) is 11.5 Å². The van der Waals surface area contributed by atoms with E-state index in [2.05, 4.69) is 5.32 Å². The molecule has 0 aliphatic heterocycles. The number of sulfonamides is 1. The quantitative estimate of drug-likeness (QED) is 0.269. The summed E-state index contributed by atoms with van der Waals surface area (Å²) in [6, 6.07) is 17.9. The minimum atomic E-state index is -3.98. The van der Waals surface area contributed by atoms with E-state index in [0.717, 1.165) is 16.1 Å². The lowest BCUT2D eigenvalue weighted by Gasteiger charge is -2.33. The molecular formula is C30H35Cl2N3O6S. The summed E-state index contributed by atoms with van der Waals surface area (Å²) in [4.78, 5) is 29.1. The molecule has 1 atom stereocenters. The molecule has 3 rings (SSSR count). The molecule has 1 unspecified atom stereocenters. The summed E-state index contributed by atoms with van der Waals surface area (Å²) in [5.41, 5.74) is 1.60. The van der Waals surface area contributed by atoms with Crippen LogP contribution in [0.15, 0.2) is 66.7 Å². The summed E-state index contributed by atoms with van der Waals surface area (Å²) in [6.07, 6.45) is 1.90. The number of nitrogens with zero attached hydrogens (tertiary/aromatic N) is 2. The molecule has 2 amide bonds. The van der Waals surface area contributed by atoms with Crippen LogP contribution in [0.1, 0.15) is 24.5 Å². The third-order valence-corrected chi connectivity index (χ3v) is 8.36. The number of carbonyl (C=O) groups is 2. The van der Waals surface area contributed by atoms with Gasteiger partial charge < -0.3 is 19.7 Å². The van der Waals surface area contributed by atoms with Crippen LogP contribution in [0, 0.1) is 0 Å². The van der Waals surface area contributed by atoms with E-state index >= 15 is 0 Å². The number of benzene rings is 3. The molecule has 0 saturated carbocycles. The molecule has 42 heavy (non-hydrogen) atoms. The number of hydrogen-bond acceptors (Lipinski definition) is 6. The van der Waals surface area contributed by atoms with E-state index < -0.39 is 28.5 Å². The van der Waals surface area contributed by atoms with Gasteiger partial charge >= 0.3 is 0 Å². The first-order valence-electron chi connectivity index (χ1n) is 13.2. The predicted octanol–water partition coefficient (Wildman–Crippen LogP) is 4.94. The standard InChI is InChI=1S/C30H35Cl2N3O6S/c1-5-15-33-30(37)27(17-21-9-7-6-8-10-21)34(19-22-11-13-24(31)25(32)16-22)29(36)20-35(42(4,38)39)26-14-12-23(40-2)18-28(26)41-3/h6-14,16,18,27H,5,15,17,19-20H2,1-4H3,(H,33,37). The molecule has 0 saturated heterocycles. The number of amides is 2. The van der Waals surface area contributed by atoms with Crippen LogP contribution in [-0.2, 0) is 32.6 Å². The SMILES string of the molecule is CCCNC(=O)C(Cc1ccccc1)N(Cc1ccc(Cl)c(Cl)c1)C(=O)CN(c1ccc(OC)cc1OC)S(C)(=O)=O. The van der Waals surface area contributed by atoms with Crippen molar-refractivity contribution in [2.45, 2.75) is 32.4 Å². The molecule has 0 radical (unpaired) electrons. The number of halogens is 2. The van der Waals surface area contributed by atoms with Crippen LogP contribution >= 0.6 is 23.2 Å². The molecule has 3 aromatic rings. The van der Waals surface area contributed by atoms with Crippen molar-refractivity contribution < 1.29 is 27.5 Å². The molecule has 0 spiro atoms. The Kier molecular flexibility index (Phi) is 11.9. The fourth-order valence-electron chi connectivity index (χ4n) is 4.34. The lowest BCUT2D eigenvalue weighted by molar-refractivity contribution is -0.140. The Morgan fingerprint density at radius 3 is 2.24 bits per heavy atom. The predicted molar refractivity (Wildman–Crippen MR) is 166 cm³/mol. The van der Waals surface area contributed by atoms with Gasteiger partial charge in [0.15, 0.2) is 0 Å². The monoisotopic (exact) mass is 635 g/mol. The highest BCUT2D eigenvalue weighted by Gasteiger charge is 2.33. The molecule has 12 heteroatoms. The summed E-state index contributed by atoms with van der Waals surface area (Å²) in [6.45, 7) is 1.73. The van der Waals surface area contributed by atoms with Gasteiger partial charge in [-0.15, -0.1) is 0 Å². The van der Waals surface area contributed by atoms with E-state index in [4.69, 9.17) is 32.7 Å². The van der Waals surface area contributed by atoms with Crippen molar-refractivity contribution in [3.63, 3.8) is 0 Å². The molecule has 9 nitrogen and oxygen atoms in total. The van der Waals surface area contributed by atoms with Crippen LogP contribution in [0.3, 0.4) is 0 Å². The Morgan fingerprint density at radius 1 is 0.929 bits per heavy atom. The van der Waals surface area contributed by atoms with Gasteiger partial charge in [-0.2, -0.15) is 0 Å². The second-order valence-corrected chi connectivity index (χ2v) is 12.3. The molecule has 0 fully saturated rings. The zero-order valence-electron chi connectivity index (χ0n) is 24.0. The topological polar surface area (TPSA) is 105 Å². The number of hydrogen-bond donors (Lipinski definition) is 1. The lowest BCUT2D eigenvalue weighted by Crippen LogP contribution is -2.53.